The molecule has 0 radical (unpaired) electrons. The molecule has 1 fully saturated rings. The Bertz CT molecular complexity index is 1070. The molecule has 1 aliphatic heterocycles. The van der Waals surface area contributed by atoms with E-state index in [4.69, 9.17) is 14.3 Å². The number of nitrogens with zero attached hydrogens (tertiary/aromatic N) is 6. The lowest BCUT2D eigenvalue weighted by Crippen LogP contribution is -2.39. The lowest BCUT2D eigenvalue weighted by Gasteiger charge is -2.32. The van der Waals surface area contributed by atoms with Crippen LogP contribution in [0.4, 0.5) is 5.95 Å². The monoisotopic (exact) mass is 436 g/mol. The number of ether oxygens (including phenoxy) is 1. The van der Waals surface area contributed by atoms with Gasteiger partial charge in [0.25, 0.3) is 0 Å². The minimum absolute atomic E-state index is 0.0503. The highest BCUT2D eigenvalue weighted by Gasteiger charge is 2.28. The van der Waals surface area contributed by atoms with Gasteiger partial charge in [-0.1, -0.05) is 22.4 Å². The standard InChI is InChI=1S/C23H28N6O3/c1-15-20(27-32-26-15)13-21(30)29-11-9-17(10-12-29)22-19(14-24-23(25-22)28(2)3)16-5-7-18(31-4)8-6-16/h5-8,14,17H,9-13H2,1-4H3. The SMILES string of the molecule is COc1ccc(-c2cnc(N(C)C)nc2C2CCN(C(=O)Cc3nonc3C)CC2)cc1. The predicted molar refractivity (Wildman–Crippen MR) is 120 cm³/mol. The molecule has 9 heteroatoms. The second kappa shape index (κ2) is 9.33. The van der Waals surface area contributed by atoms with Gasteiger partial charge in [0.15, 0.2) is 0 Å². The number of carbonyl (C=O) groups is 1. The Labute approximate surface area is 187 Å². The number of hydrogen-bond acceptors (Lipinski definition) is 8. The third-order valence-electron chi connectivity index (χ3n) is 5.91. The summed E-state index contributed by atoms with van der Waals surface area (Å²) in [6.45, 7) is 3.15. The molecule has 9 nitrogen and oxygen atoms in total. The largest absolute Gasteiger partial charge is 0.497 e. The summed E-state index contributed by atoms with van der Waals surface area (Å²) < 4.78 is 10.0. The summed E-state index contributed by atoms with van der Waals surface area (Å²) in [4.78, 5) is 26.0. The van der Waals surface area contributed by atoms with Crippen LogP contribution in [0.5, 0.6) is 5.75 Å². The Morgan fingerprint density at radius 3 is 2.50 bits per heavy atom. The lowest BCUT2D eigenvalue weighted by molar-refractivity contribution is -0.131. The first-order valence-electron chi connectivity index (χ1n) is 10.7. The van der Waals surface area contributed by atoms with Crippen LogP contribution in [0.15, 0.2) is 35.1 Å². The van der Waals surface area contributed by atoms with Crippen molar-refractivity contribution in [3.63, 3.8) is 0 Å². The number of piperidine rings is 1. The summed E-state index contributed by atoms with van der Waals surface area (Å²) in [7, 11) is 5.54. The Morgan fingerprint density at radius 2 is 1.91 bits per heavy atom. The van der Waals surface area contributed by atoms with Gasteiger partial charge in [-0.15, -0.1) is 0 Å². The average molecular weight is 437 g/mol. The van der Waals surface area contributed by atoms with Crippen LogP contribution in [0.3, 0.4) is 0 Å². The highest BCUT2D eigenvalue weighted by Crippen LogP contribution is 2.35. The van der Waals surface area contributed by atoms with Gasteiger partial charge in [0, 0.05) is 44.9 Å². The zero-order valence-electron chi connectivity index (χ0n) is 18.9. The number of amides is 1. The van der Waals surface area contributed by atoms with Crippen LogP contribution in [0.25, 0.3) is 11.1 Å². The van der Waals surface area contributed by atoms with Crippen molar-refractivity contribution in [2.45, 2.75) is 32.1 Å². The Hall–Kier alpha value is -3.49. The molecule has 0 bridgehead atoms. The molecule has 4 rings (SSSR count). The van der Waals surface area contributed by atoms with Gasteiger partial charge >= 0.3 is 0 Å². The third kappa shape index (κ3) is 4.56. The Balaban J connectivity index is 1.53. The molecule has 1 saturated heterocycles. The van der Waals surface area contributed by atoms with Gasteiger partial charge in [-0.3, -0.25) is 4.79 Å². The van der Waals surface area contributed by atoms with E-state index >= 15 is 0 Å². The number of anilines is 1. The van der Waals surface area contributed by atoms with Crippen molar-refractivity contribution in [2.75, 3.05) is 39.2 Å². The fraction of sp³-hybridized carbons (Fsp3) is 0.435. The van der Waals surface area contributed by atoms with Gasteiger partial charge in [0.05, 0.1) is 19.2 Å². The second-order valence-electron chi connectivity index (χ2n) is 8.22. The van der Waals surface area contributed by atoms with Crippen LogP contribution in [0.2, 0.25) is 0 Å². The fourth-order valence-electron chi connectivity index (χ4n) is 3.97. The second-order valence-corrected chi connectivity index (χ2v) is 8.22. The fourth-order valence-corrected chi connectivity index (χ4v) is 3.97. The highest BCUT2D eigenvalue weighted by atomic mass is 16.6. The average Bonchev–Trinajstić information content (AvgIpc) is 3.23. The molecule has 1 aromatic carbocycles. The van der Waals surface area contributed by atoms with Crippen LogP contribution in [-0.2, 0) is 11.2 Å². The van der Waals surface area contributed by atoms with Crippen LogP contribution in [0, 0.1) is 6.92 Å². The van der Waals surface area contributed by atoms with Crippen molar-refractivity contribution < 1.29 is 14.2 Å². The van der Waals surface area contributed by atoms with Gasteiger partial charge < -0.3 is 14.5 Å². The zero-order chi connectivity index (χ0) is 22.7. The van der Waals surface area contributed by atoms with Crippen LogP contribution >= 0.6 is 0 Å². The van der Waals surface area contributed by atoms with Crippen LogP contribution in [-0.4, -0.2) is 65.4 Å². The molecule has 1 amide bonds. The van der Waals surface area contributed by atoms with Gasteiger partial charge in [0.2, 0.25) is 11.9 Å². The molecule has 32 heavy (non-hydrogen) atoms. The number of methoxy groups -OCH3 is 1. The minimum Gasteiger partial charge on any atom is -0.497 e. The molecule has 3 heterocycles. The third-order valence-corrected chi connectivity index (χ3v) is 5.91. The smallest absolute Gasteiger partial charge is 0.228 e. The number of hydrogen-bond donors (Lipinski definition) is 0. The van der Waals surface area contributed by atoms with E-state index in [0.717, 1.165) is 35.4 Å². The molecule has 0 atom stereocenters. The summed E-state index contributed by atoms with van der Waals surface area (Å²) in [5.41, 5.74) is 4.36. The minimum atomic E-state index is 0.0503. The molecule has 0 unspecified atom stereocenters. The Morgan fingerprint density at radius 1 is 1.19 bits per heavy atom. The van der Waals surface area contributed by atoms with E-state index in [1.54, 1.807) is 14.0 Å². The molecular weight excluding hydrogens is 408 g/mol. The molecule has 168 valence electrons. The molecule has 0 saturated carbocycles. The van der Waals surface area contributed by atoms with Crippen molar-refractivity contribution in [3.05, 3.63) is 47.5 Å². The predicted octanol–water partition coefficient (Wildman–Crippen LogP) is 2.86. The number of aromatic nitrogens is 4. The van der Waals surface area contributed by atoms with E-state index in [-0.39, 0.29) is 18.2 Å². The van der Waals surface area contributed by atoms with E-state index in [1.165, 1.54) is 0 Å². The summed E-state index contributed by atoms with van der Waals surface area (Å²) in [6, 6.07) is 7.95. The molecule has 0 N–H and O–H groups in total. The first-order valence-corrected chi connectivity index (χ1v) is 10.7. The lowest BCUT2D eigenvalue weighted by atomic mass is 9.88. The molecule has 3 aromatic rings. The number of carbonyl (C=O) groups excluding carboxylic acids is 1. The zero-order valence-corrected chi connectivity index (χ0v) is 18.9. The van der Waals surface area contributed by atoms with Gasteiger partial charge in [0.1, 0.15) is 17.1 Å². The first-order chi connectivity index (χ1) is 15.5. The van der Waals surface area contributed by atoms with Crippen molar-refractivity contribution in [1.82, 2.24) is 25.2 Å². The molecule has 0 spiro atoms. The number of likely N-dealkylation sites (tertiary alicyclic amines) is 1. The molecular formula is C23H28N6O3. The number of benzene rings is 1. The summed E-state index contributed by atoms with van der Waals surface area (Å²) >= 11 is 0. The van der Waals surface area contributed by atoms with Gasteiger partial charge in [-0.2, -0.15) is 0 Å². The van der Waals surface area contributed by atoms with Crippen molar-refractivity contribution in [2.24, 2.45) is 0 Å². The van der Waals surface area contributed by atoms with Crippen molar-refractivity contribution in [3.8, 4) is 16.9 Å². The van der Waals surface area contributed by atoms with E-state index < -0.39 is 0 Å². The Kier molecular flexibility index (Phi) is 6.34. The van der Waals surface area contributed by atoms with E-state index in [2.05, 4.69) is 15.3 Å². The summed E-state index contributed by atoms with van der Waals surface area (Å²) in [5, 5.41) is 7.59. The number of aryl methyl sites for hydroxylation is 1. The molecule has 1 aliphatic rings. The topological polar surface area (TPSA) is 97.5 Å². The quantitative estimate of drug-likeness (QED) is 0.582. The van der Waals surface area contributed by atoms with Crippen LogP contribution in [0.1, 0.15) is 35.8 Å². The maximum absolute atomic E-state index is 12.7. The van der Waals surface area contributed by atoms with Crippen molar-refractivity contribution >= 4 is 11.9 Å². The number of rotatable bonds is 6. The van der Waals surface area contributed by atoms with Gasteiger partial charge in [-0.25, -0.2) is 14.6 Å². The molecule has 2 aromatic heterocycles. The van der Waals surface area contributed by atoms with Crippen molar-refractivity contribution in [1.29, 1.82) is 0 Å². The van der Waals surface area contributed by atoms with Crippen LogP contribution < -0.4 is 9.64 Å². The first kappa shape index (κ1) is 21.7. The van der Waals surface area contributed by atoms with E-state index in [9.17, 15) is 4.79 Å². The van der Waals surface area contributed by atoms with Gasteiger partial charge in [-0.05, 0) is 37.5 Å². The maximum atomic E-state index is 12.7. The molecule has 0 aliphatic carbocycles. The normalized spacial score (nSPS) is 14.4. The summed E-state index contributed by atoms with van der Waals surface area (Å²) in [5.74, 6) is 1.79. The summed E-state index contributed by atoms with van der Waals surface area (Å²) in [6.07, 6.45) is 3.80. The highest BCUT2D eigenvalue weighted by molar-refractivity contribution is 5.78. The maximum Gasteiger partial charge on any atom is 0.228 e. The van der Waals surface area contributed by atoms with E-state index in [0.29, 0.717) is 30.4 Å². The van der Waals surface area contributed by atoms with E-state index in [1.807, 2.05) is 54.4 Å².